The first kappa shape index (κ1) is 19.0. The fourth-order valence-electron chi connectivity index (χ4n) is 3.27. The number of amides is 1. The Balaban J connectivity index is 1.91. The van der Waals surface area contributed by atoms with E-state index in [4.69, 9.17) is 16.0 Å². The predicted molar refractivity (Wildman–Crippen MR) is 117 cm³/mol. The van der Waals surface area contributed by atoms with E-state index in [2.05, 4.69) is 5.32 Å². The zero-order valence-corrected chi connectivity index (χ0v) is 16.7. The third-order valence-electron chi connectivity index (χ3n) is 4.76. The normalized spacial score (nSPS) is 10.9. The highest BCUT2D eigenvalue weighted by Crippen LogP contribution is 2.32. The van der Waals surface area contributed by atoms with Crippen LogP contribution in [0.25, 0.3) is 21.9 Å². The van der Waals surface area contributed by atoms with E-state index in [1.54, 1.807) is 24.3 Å². The molecule has 1 aromatic heterocycles. The summed E-state index contributed by atoms with van der Waals surface area (Å²) >= 11 is 6.25. The molecule has 0 bridgehead atoms. The second-order valence-corrected chi connectivity index (χ2v) is 7.35. The molecule has 0 spiro atoms. The monoisotopic (exact) mass is 403 g/mol. The third-order valence-corrected chi connectivity index (χ3v) is 5.07. The van der Waals surface area contributed by atoms with Crippen LogP contribution in [0.5, 0.6) is 0 Å². The zero-order chi connectivity index (χ0) is 20.5. The van der Waals surface area contributed by atoms with Crippen LogP contribution in [0.3, 0.4) is 0 Å². The van der Waals surface area contributed by atoms with Crippen molar-refractivity contribution in [3.05, 3.63) is 99.1 Å². The van der Waals surface area contributed by atoms with Crippen LogP contribution in [-0.2, 0) is 0 Å². The summed E-state index contributed by atoms with van der Waals surface area (Å²) in [5.74, 6) is -0.580. The minimum absolute atomic E-state index is 0.0470. The number of halogens is 1. The molecule has 5 heteroatoms. The summed E-state index contributed by atoms with van der Waals surface area (Å²) in [6.45, 7) is 3.90. The number of carbonyl (C=O) groups is 1. The average molecular weight is 404 g/mol. The summed E-state index contributed by atoms with van der Waals surface area (Å²) in [5, 5.41) is 4.26. The van der Waals surface area contributed by atoms with Crippen LogP contribution < -0.4 is 10.9 Å². The standard InChI is InChI=1S/C24H18ClNO3/c1-14-7-10-16(11-8-14)21-17-5-3-4-6-18(17)24(28)29-22(21)23(27)26-20-12-9-15(2)13-19(20)25/h3-13H,1-2H3,(H,26,27). The van der Waals surface area contributed by atoms with Crippen LogP contribution in [-0.4, -0.2) is 5.91 Å². The van der Waals surface area contributed by atoms with Crippen LogP contribution in [0.2, 0.25) is 5.02 Å². The number of nitrogens with one attached hydrogen (secondary N) is 1. The van der Waals surface area contributed by atoms with Crippen molar-refractivity contribution in [1.29, 1.82) is 0 Å². The van der Waals surface area contributed by atoms with Gasteiger partial charge in [-0.3, -0.25) is 4.79 Å². The maximum Gasteiger partial charge on any atom is 0.344 e. The molecule has 4 aromatic rings. The summed E-state index contributed by atoms with van der Waals surface area (Å²) in [6.07, 6.45) is 0. The Morgan fingerprint density at radius 1 is 0.897 bits per heavy atom. The van der Waals surface area contributed by atoms with Crippen LogP contribution >= 0.6 is 11.6 Å². The molecule has 0 atom stereocenters. The molecule has 0 unspecified atom stereocenters. The van der Waals surface area contributed by atoms with Crippen molar-refractivity contribution in [2.75, 3.05) is 5.32 Å². The highest BCUT2D eigenvalue weighted by molar-refractivity contribution is 6.34. The van der Waals surface area contributed by atoms with Gasteiger partial charge < -0.3 is 9.73 Å². The van der Waals surface area contributed by atoms with Crippen LogP contribution in [0.4, 0.5) is 5.69 Å². The Morgan fingerprint density at radius 2 is 1.55 bits per heavy atom. The average Bonchev–Trinajstić information content (AvgIpc) is 2.71. The number of carbonyl (C=O) groups excluding carboxylic acids is 1. The number of fused-ring (bicyclic) bond motifs is 1. The van der Waals surface area contributed by atoms with E-state index >= 15 is 0 Å². The molecule has 0 saturated heterocycles. The number of rotatable bonds is 3. The van der Waals surface area contributed by atoms with E-state index < -0.39 is 11.5 Å². The first-order valence-corrected chi connectivity index (χ1v) is 9.52. The second kappa shape index (κ2) is 7.57. The Bertz CT molecular complexity index is 1290. The molecule has 0 saturated carbocycles. The fraction of sp³-hybridized carbons (Fsp3) is 0.0833. The van der Waals surface area contributed by atoms with Gasteiger partial charge in [0, 0.05) is 10.9 Å². The number of hydrogen-bond donors (Lipinski definition) is 1. The van der Waals surface area contributed by atoms with Crippen LogP contribution in [0, 0.1) is 13.8 Å². The summed E-state index contributed by atoms with van der Waals surface area (Å²) < 4.78 is 5.49. The lowest BCUT2D eigenvalue weighted by molar-refractivity contribution is 0.0994. The molecule has 0 aliphatic heterocycles. The molecule has 3 aromatic carbocycles. The lowest BCUT2D eigenvalue weighted by Crippen LogP contribution is -2.17. The lowest BCUT2D eigenvalue weighted by atomic mass is 9.97. The molecular weight excluding hydrogens is 386 g/mol. The molecule has 0 aliphatic rings. The Kier molecular flexibility index (Phi) is 4.95. The topological polar surface area (TPSA) is 59.3 Å². The molecule has 1 N–H and O–H groups in total. The highest BCUT2D eigenvalue weighted by atomic mass is 35.5. The molecule has 0 fully saturated rings. The van der Waals surface area contributed by atoms with E-state index in [0.717, 1.165) is 16.7 Å². The quantitative estimate of drug-likeness (QED) is 0.457. The van der Waals surface area contributed by atoms with Crippen molar-refractivity contribution in [2.24, 2.45) is 0 Å². The van der Waals surface area contributed by atoms with Gasteiger partial charge in [0.15, 0.2) is 0 Å². The molecule has 29 heavy (non-hydrogen) atoms. The molecular formula is C24H18ClNO3. The third kappa shape index (κ3) is 3.67. The van der Waals surface area contributed by atoms with Gasteiger partial charge >= 0.3 is 5.63 Å². The van der Waals surface area contributed by atoms with Crippen molar-refractivity contribution in [2.45, 2.75) is 13.8 Å². The first-order chi connectivity index (χ1) is 13.9. The van der Waals surface area contributed by atoms with Crippen molar-refractivity contribution < 1.29 is 9.21 Å². The van der Waals surface area contributed by atoms with Crippen molar-refractivity contribution in [1.82, 2.24) is 0 Å². The van der Waals surface area contributed by atoms with Gasteiger partial charge in [-0.25, -0.2) is 4.79 Å². The lowest BCUT2D eigenvalue weighted by Gasteiger charge is -2.13. The molecule has 144 valence electrons. The largest absolute Gasteiger partial charge is 0.416 e. The number of anilines is 1. The molecule has 4 nitrogen and oxygen atoms in total. The Morgan fingerprint density at radius 3 is 2.24 bits per heavy atom. The minimum atomic E-state index is -0.559. The summed E-state index contributed by atoms with van der Waals surface area (Å²) in [4.78, 5) is 25.6. The molecule has 0 aliphatic carbocycles. The van der Waals surface area contributed by atoms with Crippen molar-refractivity contribution >= 4 is 34.0 Å². The summed E-state index contributed by atoms with van der Waals surface area (Å²) in [7, 11) is 0. The maximum absolute atomic E-state index is 13.1. The first-order valence-electron chi connectivity index (χ1n) is 9.14. The zero-order valence-electron chi connectivity index (χ0n) is 16.0. The number of benzene rings is 3. The second-order valence-electron chi connectivity index (χ2n) is 6.94. The SMILES string of the molecule is Cc1ccc(-c2c(C(=O)Nc3ccc(C)cc3Cl)oc(=O)c3ccccc23)cc1. The number of hydrogen-bond acceptors (Lipinski definition) is 3. The molecule has 1 heterocycles. The predicted octanol–water partition coefficient (Wildman–Crippen LogP) is 5.98. The fourth-order valence-corrected chi connectivity index (χ4v) is 3.55. The van der Waals surface area contributed by atoms with E-state index in [0.29, 0.717) is 27.0 Å². The van der Waals surface area contributed by atoms with Crippen molar-refractivity contribution in [3.8, 4) is 11.1 Å². The van der Waals surface area contributed by atoms with Gasteiger partial charge in [0.1, 0.15) is 0 Å². The van der Waals surface area contributed by atoms with E-state index in [9.17, 15) is 9.59 Å². The minimum Gasteiger partial charge on any atom is -0.416 e. The van der Waals surface area contributed by atoms with Gasteiger partial charge in [-0.1, -0.05) is 65.7 Å². The maximum atomic E-state index is 13.1. The smallest absolute Gasteiger partial charge is 0.344 e. The van der Waals surface area contributed by atoms with Gasteiger partial charge in [0.05, 0.1) is 16.1 Å². The van der Waals surface area contributed by atoms with Gasteiger partial charge in [-0.15, -0.1) is 0 Å². The van der Waals surface area contributed by atoms with E-state index in [1.165, 1.54) is 0 Å². The molecule has 1 amide bonds. The van der Waals surface area contributed by atoms with Crippen LogP contribution in [0.15, 0.2) is 75.9 Å². The van der Waals surface area contributed by atoms with E-state index in [1.807, 2.05) is 56.3 Å². The highest BCUT2D eigenvalue weighted by Gasteiger charge is 2.22. The van der Waals surface area contributed by atoms with Gasteiger partial charge in [-0.05, 0) is 43.2 Å². The Labute approximate surface area is 172 Å². The van der Waals surface area contributed by atoms with Gasteiger partial charge in [0.25, 0.3) is 5.91 Å². The summed E-state index contributed by atoms with van der Waals surface area (Å²) in [6, 6.07) is 20.2. The Hall–Kier alpha value is -3.37. The van der Waals surface area contributed by atoms with Crippen molar-refractivity contribution in [3.63, 3.8) is 0 Å². The van der Waals surface area contributed by atoms with E-state index in [-0.39, 0.29) is 5.76 Å². The van der Waals surface area contributed by atoms with Crippen LogP contribution in [0.1, 0.15) is 21.7 Å². The van der Waals surface area contributed by atoms with Gasteiger partial charge in [0.2, 0.25) is 5.76 Å². The number of aryl methyl sites for hydroxylation is 2. The molecule has 4 rings (SSSR count). The molecule has 0 radical (unpaired) electrons. The summed E-state index contributed by atoms with van der Waals surface area (Å²) in [5.41, 5.74) is 3.32. The van der Waals surface area contributed by atoms with Gasteiger partial charge in [-0.2, -0.15) is 0 Å².